The monoisotopic (exact) mass is 352 g/mol. The third kappa shape index (κ3) is 5.42. The smallest absolute Gasteiger partial charge is 0.253 e. The van der Waals surface area contributed by atoms with Crippen molar-refractivity contribution in [2.24, 2.45) is 0 Å². The summed E-state index contributed by atoms with van der Waals surface area (Å²) in [5.41, 5.74) is 1.21. The first kappa shape index (κ1) is 20.6. The lowest BCUT2D eigenvalue weighted by molar-refractivity contribution is 0.0954. The van der Waals surface area contributed by atoms with Crippen molar-refractivity contribution in [3.05, 3.63) is 29.8 Å². The summed E-state index contributed by atoms with van der Waals surface area (Å²) in [5.74, 6) is -0.805. The maximum absolute atomic E-state index is 13.4. The molecule has 6 nitrogen and oxygen atoms in total. The SMILES string of the molecule is COCCNCCNC(=O)c1cc(F)cc2[nH]cnc12.Cl.Cl. The van der Waals surface area contributed by atoms with Gasteiger partial charge in [0.2, 0.25) is 0 Å². The van der Waals surface area contributed by atoms with E-state index in [1.807, 2.05) is 0 Å². The number of amides is 1. The number of imidazole rings is 1. The lowest BCUT2D eigenvalue weighted by atomic mass is 10.1. The summed E-state index contributed by atoms with van der Waals surface area (Å²) in [4.78, 5) is 18.8. The van der Waals surface area contributed by atoms with E-state index in [4.69, 9.17) is 4.74 Å². The second kappa shape index (κ2) is 10.3. The number of aromatic nitrogens is 2. The van der Waals surface area contributed by atoms with Gasteiger partial charge in [0.05, 0.1) is 24.0 Å². The van der Waals surface area contributed by atoms with Gasteiger partial charge in [-0.15, -0.1) is 24.8 Å². The third-order valence-corrected chi connectivity index (χ3v) is 2.80. The number of halogens is 3. The molecule has 3 N–H and O–H groups in total. The summed E-state index contributed by atoms with van der Waals surface area (Å²) in [5, 5.41) is 5.82. The van der Waals surface area contributed by atoms with Crippen LogP contribution in [0.25, 0.3) is 11.0 Å². The predicted molar refractivity (Wildman–Crippen MR) is 87.6 cm³/mol. The van der Waals surface area contributed by atoms with E-state index in [0.29, 0.717) is 30.7 Å². The summed E-state index contributed by atoms with van der Waals surface area (Å²) in [7, 11) is 1.63. The zero-order valence-corrected chi connectivity index (χ0v) is 13.7. The average Bonchev–Trinajstić information content (AvgIpc) is 2.89. The molecule has 0 unspecified atom stereocenters. The Morgan fingerprint density at radius 2 is 2.09 bits per heavy atom. The molecule has 1 heterocycles. The Hall–Kier alpha value is -1.41. The highest BCUT2D eigenvalue weighted by atomic mass is 35.5. The number of aromatic amines is 1. The number of methoxy groups -OCH3 is 1. The number of carbonyl (C=O) groups excluding carboxylic acids is 1. The fourth-order valence-electron chi connectivity index (χ4n) is 1.85. The summed E-state index contributed by atoms with van der Waals surface area (Å²) < 4.78 is 18.3. The van der Waals surface area contributed by atoms with Gasteiger partial charge in [0, 0.05) is 26.7 Å². The lowest BCUT2D eigenvalue weighted by Crippen LogP contribution is -2.33. The summed E-state index contributed by atoms with van der Waals surface area (Å²) >= 11 is 0. The topological polar surface area (TPSA) is 79.0 Å². The highest BCUT2D eigenvalue weighted by Gasteiger charge is 2.13. The van der Waals surface area contributed by atoms with Gasteiger partial charge in [-0.05, 0) is 12.1 Å². The molecule has 0 bridgehead atoms. The Kier molecular flexibility index (Phi) is 9.68. The number of ether oxygens (including phenoxy) is 1. The highest BCUT2D eigenvalue weighted by Crippen LogP contribution is 2.16. The largest absolute Gasteiger partial charge is 0.383 e. The van der Waals surface area contributed by atoms with E-state index in [1.54, 1.807) is 7.11 Å². The van der Waals surface area contributed by atoms with E-state index >= 15 is 0 Å². The number of H-pyrrole nitrogens is 1. The van der Waals surface area contributed by atoms with Gasteiger partial charge in [0.15, 0.2) is 0 Å². The first-order chi connectivity index (χ1) is 9.72. The molecule has 0 atom stereocenters. The van der Waals surface area contributed by atoms with Crippen molar-refractivity contribution >= 4 is 41.8 Å². The van der Waals surface area contributed by atoms with E-state index in [9.17, 15) is 9.18 Å². The molecule has 124 valence electrons. The van der Waals surface area contributed by atoms with E-state index in [0.717, 1.165) is 6.54 Å². The van der Waals surface area contributed by atoms with Crippen LogP contribution in [0, 0.1) is 5.82 Å². The molecular weight excluding hydrogens is 334 g/mol. The molecule has 2 aromatic rings. The highest BCUT2D eigenvalue weighted by molar-refractivity contribution is 6.04. The van der Waals surface area contributed by atoms with Crippen molar-refractivity contribution in [2.75, 3.05) is 33.4 Å². The molecule has 0 aliphatic rings. The van der Waals surface area contributed by atoms with E-state index in [-0.39, 0.29) is 36.3 Å². The Labute approximate surface area is 140 Å². The van der Waals surface area contributed by atoms with Crippen LogP contribution in [0.1, 0.15) is 10.4 Å². The molecule has 0 fully saturated rings. The number of carbonyl (C=O) groups is 1. The molecule has 2 rings (SSSR count). The number of hydrogen-bond acceptors (Lipinski definition) is 4. The van der Waals surface area contributed by atoms with Crippen molar-refractivity contribution < 1.29 is 13.9 Å². The fourth-order valence-corrected chi connectivity index (χ4v) is 1.85. The number of nitrogens with zero attached hydrogens (tertiary/aromatic N) is 1. The number of nitrogens with one attached hydrogen (secondary N) is 3. The summed E-state index contributed by atoms with van der Waals surface area (Å²) in [6, 6.07) is 2.50. The molecule has 1 aromatic carbocycles. The molecule has 9 heteroatoms. The molecule has 1 amide bonds. The van der Waals surface area contributed by atoms with Crippen molar-refractivity contribution in [2.45, 2.75) is 0 Å². The Morgan fingerprint density at radius 1 is 1.32 bits per heavy atom. The lowest BCUT2D eigenvalue weighted by Gasteiger charge is -2.07. The van der Waals surface area contributed by atoms with Crippen LogP contribution in [0.3, 0.4) is 0 Å². The number of rotatable bonds is 7. The molecule has 0 aliphatic heterocycles. The van der Waals surface area contributed by atoms with E-state index in [2.05, 4.69) is 20.6 Å². The van der Waals surface area contributed by atoms with Gasteiger partial charge >= 0.3 is 0 Å². The maximum atomic E-state index is 13.4. The van der Waals surface area contributed by atoms with Gasteiger partial charge in [0.1, 0.15) is 11.3 Å². The zero-order chi connectivity index (χ0) is 14.4. The van der Waals surface area contributed by atoms with Crippen LogP contribution in [0.5, 0.6) is 0 Å². The Balaban J connectivity index is 0.00000220. The van der Waals surface area contributed by atoms with Crippen LogP contribution in [-0.2, 0) is 4.74 Å². The number of fused-ring (bicyclic) bond motifs is 1. The molecule has 0 saturated carbocycles. The Bertz CT molecular complexity index is 594. The van der Waals surface area contributed by atoms with Crippen LogP contribution >= 0.6 is 24.8 Å². The average molecular weight is 353 g/mol. The third-order valence-electron chi connectivity index (χ3n) is 2.80. The molecule has 1 aromatic heterocycles. The van der Waals surface area contributed by atoms with Gasteiger partial charge < -0.3 is 20.4 Å². The number of hydrogen-bond donors (Lipinski definition) is 3. The van der Waals surface area contributed by atoms with Crippen LogP contribution in [0.15, 0.2) is 18.5 Å². The summed E-state index contributed by atoms with van der Waals surface area (Å²) in [6.07, 6.45) is 1.44. The van der Waals surface area contributed by atoms with Gasteiger partial charge in [-0.2, -0.15) is 0 Å². The molecule has 0 saturated heterocycles. The second-order valence-electron chi connectivity index (χ2n) is 4.25. The van der Waals surface area contributed by atoms with Crippen molar-refractivity contribution in [1.82, 2.24) is 20.6 Å². The van der Waals surface area contributed by atoms with Gasteiger partial charge in [-0.3, -0.25) is 4.79 Å². The van der Waals surface area contributed by atoms with Gasteiger partial charge in [-0.25, -0.2) is 9.37 Å². The van der Waals surface area contributed by atoms with Crippen molar-refractivity contribution in [1.29, 1.82) is 0 Å². The molecule has 0 aliphatic carbocycles. The Morgan fingerprint density at radius 3 is 2.82 bits per heavy atom. The minimum atomic E-state index is -0.467. The van der Waals surface area contributed by atoms with Crippen LogP contribution in [0.4, 0.5) is 4.39 Å². The molecule has 0 spiro atoms. The standard InChI is InChI=1S/C13H17FN4O2.2ClH/c1-20-5-4-15-2-3-16-13(19)10-6-9(14)7-11-12(10)18-8-17-11;;/h6-8,15H,2-5H2,1H3,(H,16,19)(H,17,18);2*1H. The van der Waals surface area contributed by atoms with Gasteiger partial charge in [-0.1, -0.05) is 0 Å². The van der Waals surface area contributed by atoms with Gasteiger partial charge in [0.25, 0.3) is 5.91 Å². The normalized spacial score (nSPS) is 9.91. The fraction of sp³-hybridized carbons (Fsp3) is 0.385. The van der Waals surface area contributed by atoms with Crippen LogP contribution in [0.2, 0.25) is 0 Å². The second-order valence-corrected chi connectivity index (χ2v) is 4.25. The minimum Gasteiger partial charge on any atom is -0.383 e. The first-order valence-corrected chi connectivity index (χ1v) is 6.33. The predicted octanol–water partition coefficient (Wildman–Crippen LogP) is 1.51. The minimum absolute atomic E-state index is 0. The number of benzene rings is 1. The molecular formula is C13H19Cl2FN4O2. The van der Waals surface area contributed by atoms with Crippen LogP contribution in [-0.4, -0.2) is 49.2 Å². The quantitative estimate of drug-likeness (QED) is 0.660. The maximum Gasteiger partial charge on any atom is 0.253 e. The van der Waals surface area contributed by atoms with Crippen LogP contribution < -0.4 is 10.6 Å². The van der Waals surface area contributed by atoms with Crippen molar-refractivity contribution in [3.63, 3.8) is 0 Å². The van der Waals surface area contributed by atoms with Crippen molar-refractivity contribution in [3.8, 4) is 0 Å². The van der Waals surface area contributed by atoms with E-state index < -0.39 is 5.82 Å². The molecule has 0 radical (unpaired) electrons. The summed E-state index contributed by atoms with van der Waals surface area (Å²) in [6.45, 7) is 2.40. The first-order valence-electron chi connectivity index (χ1n) is 6.33. The zero-order valence-electron chi connectivity index (χ0n) is 12.0. The molecule has 22 heavy (non-hydrogen) atoms. The van der Waals surface area contributed by atoms with E-state index in [1.165, 1.54) is 18.5 Å².